The van der Waals surface area contributed by atoms with Crippen LogP contribution in [0, 0.1) is 6.92 Å². The molecule has 0 aliphatic carbocycles. The molecule has 1 fully saturated rings. The summed E-state index contributed by atoms with van der Waals surface area (Å²) in [7, 11) is 1.89. The van der Waals surface area contributed by atoms with Gasteiger partial charge >= 0.3 is 0 Å². The maximum atomic E-state index is 13.5. The third-order valence-electron chi connectivity index (χ3n) is 5.77. The Balaban J connectivity index is 1.60. The third kappa shape index (κ3) is 3.45. The van der Waals surface area contributed by atoms with Gasteiger partial charge in [-0.2, -0.15) is 5.10 Å². The van der Waals surface area contributed by atoms with E-state index in [1.54, 1.807) is 29.1 Å². The van der Waals surface area contributed by atoms with E-state index in [0.29, 0.717) is 32.9 Å². The molecule has 0 bridgehead atoms. The molecule has 7 nitrogen and oxygen atoms in total. The van der Waals surface area contributed by atoms with Crippen LogP contribution < -0.4 is 10.2 Å². The Labute approximate surface area is 184 Å². The van der Waals surface area contributed by atoms with E-state index in [4.69, 9.17) is 16.0 Å². The second-order valence-electron chi connectivity index (χ2n) is 7.72. The lowest BCUT2D eigenvalue weighted by Crippen LogP contribution is -2.21. The fraction of sp³-hybridized carbons (Fsp3) is 0.261. The van der Waals surface area contributed by atoms with Crippen LogP contribution in [-0.4, -0.2) is 33.8 Å². The zero-order valence-corrected chi connectivity index (χ0v) is 18.1. The van der Waals surface area contributed by atoms with Crippen molar-refractivity contribution in [3.05, 3.63) is 58.9 Å². The summed E-state index contributed by atoms with van der Waals surface area (Å²) in [5, 5.41) is 8.93. The van der Waals surface area contributed by atoms with Crippen molar-refractivity contribution < 1.29 is 9.21 Å². The summed E-state index contributed by atoms with van der Waals surface area (Å²) in [5.74, 6) is 1.15. The van der Waals surface area contributed by atoms with Gasteiger partial charge in [0.25, 0.3) is 5.91 Å². The molecular weight excluding hydrogens is 414 g/mol. The summed E-state index contributed by atoms with van der Waals surface area (Å²) in [6.07, 6.45) is 3.83. The number of hydrogen-bond donors (Lipinski definition) is 1. The smallest absolute Gasteiger partial charge is 0.256 e. The van der Waals surface area contributed by atoms with Crippen LogP contribution in [0.5, 0.6) is 0 Å². The highest BCUT2D eigenvalue weighted by Crippen LogP contribution is 2.33. The molecule has 31 heavy (non-hydrogen) atoms. The molecule has 0 unspecified atom stereocenters. The molecule has 1 aromatic carbocycles. The number of carbonyl (C=O) groups excluding carboxylic acids is 1. The van der Waals surface area contributed by atoms with Crippen LogP contribution in [0.4, 0.5) is 11.5 Å². The molecule has 1 amide bonds. The van der Waals surface area contributed by atoms with Crippen molar-refractivity contribution in [3.8, 4) is 11.5 Å². The van der Waals surface area contributed by atoms with Gasteiger partial charge < -0.3 is 14.6 Å². The van der Waals surface area contributed by atoms with Gasteiger partial charge in [0.05, 0.1) is 28.1 Å². The lowest BCUT2D eigenvalue weighted by molar-refractivity contribution is 0.102. The van der Waals surface area contributed by atoms with Gasteiger partial charge in [-0.1, -0.05) is 23.7 Å². The first-order chi connectivity index (χ1) is 15.0. The number of nitrogens with one attached hydrogen (secondary N) is 1. The average Bonchev–Trinajstić information content (AvgIpc) is 3.53. The molecule has 0 atom stereocenters. The van der Waals surface area contributed by atoms with Crippen LogP contribution >= 0.6 is 11.6 Å². The third-order valence-corrected chi connectivity index (χ3v) is 6.07. The van der Waals surface area contributed by atoms with E-state index < -0.39 is 0 Å². The highest BCUT2D eigenvalue weighted by molar-refractivity contribution is 6.35. The Bertz CT molecular complexity index is 1270. The first kappa shape index (κ1) is 19.6. The van der Waals surface area contributed by atoms with Gasteiger partial charge in [-0.05, 0) is 44.0 Å². The lowest BCUT2D eigenvalue weighted by Gasteiger charge is -2.17. The Morgan fingerprint density at radius 2 is 2.00 bits per heavy atom. The number of carbonyl (C=O) groups is 1. The predicted octanol–water partition coefficient (Wildman–Crippen LogP) is 5.04. The number of aryl methyl sites for hydroxylation is 1. The molecule has 4 heterocycles. The molecule has 1 N–H and O–H groups in total. The number of nitrogens with zero attached hydrogens (tertiary/aromatic N) is 4. The Morgan fingerprint density at radius 1 is 1.19 bits per heavy atom. The van der Waals surface area contributed by atoms with Crippen molar-refractivity contribution in [3.63, 3.8) is 0 Å². The minimum atomic E-state index is -0.237. The summed E-state index contributed by atoms with van der Waals surface area (Å²) >= 11 is 6.42. The van der Waals surface area contributed by atoms with Crippen molar-refractivity contribution in [2.45, 2.75) is 19.8 Å². The zero-order valence-electron chi connectivity index (χ0n) is 17.4. The average molecular weight is 436 g/mol. The highest BCUT2D eigenvalue weighted by atomic mass is 35.5. The quantitative estimate of drug-likeness (QED) is 0.485. The molecule has 4 aromatic rings. The topological polar surface area (TPSA) is 76.2 Å². The maximum absolute atomic E-state index is 13.5. The van der Waals surface area contributed by atoms with Gasteiger partial charge in [-0.15, -0.1) is 0 Å². The van der Waals surface area contributed by atoms with E-state index in [-0.39, 0.29) is 5.91 Å². The van der Waals surface area contributed by atoms with Gasteiger partial charge in [0.2, 0.25) is 0 Å². The molecule has 0 saturated carbocycles. The van der Waals surface area contributed by atoms with E-state index in [9.17, 15) is 4.79 Å². The van der Waals surface area contributed by atoms with Crippen LogP contribution in [0.15, 0.2) is 47.1 Å². The predicted molar refractivity (Wildman–Crippen MR) is 122 cm³/mol. The Kier molecular flexibility index (Phi) is 4.90. The van der Waals surface area contributed by atoms with Crippen molar-refractivity contribution in [2.24, 2.45) is 7.05 Å². The van der Waals surface area contributed by atoms with E-state index in [1.807, 2.05) is 32.2 Å². The Hall–Kier alpha value is -3.32. The highest BCUT2D eigenvalue weighted by Gasteiger charge is 2.24. The minimum Gasteiger partial charge on any atom is -0.463 e. The number of halogens is 1. The molecule has 0 radical (unpaired) electrons. The van der Waals surface area contributed by atoms with Gasteiger partial charge in [0.15, 0.2) is 11.6 Å². The summed E-state index contributed by atoms with van der Waals surface area (Å²) in [4.78, 5) is 20.4. The van der Waals surface area contributed by atoms with E-state index in [1.165, 1.54) is 0 Å². The number of furan rings is 1. The summed E-state index contributed by atoms with van der Waals surface area (Å²) < 4.78 is 7.32. The van der Waals surface area contributed by atoms with Crippen LogP contribution in [0.25, 0.3) is 22.4 Å². The standard InChI is InChI=1S/C23H22ClN5O2/c1-14-20(22(27-28(14)2)29-10-3-4-11-29)26-23(30)16-13-18(19-9-6-12-31-19)25-21-15(16)7-5-8-17(21)24/h5-9,12-13H,3-4,10-11H2,1-2H3,(H,26,30). The number of fused-ring (bicyclic) bond motifs is 1. The number of rotatable bonds is 4. The number of aromatic nitrogens is 3. The molecular formula is C23H22ClN5O2. The van der Waals surface area contributed by atoms with Crippen LogP contribution in [0.2, 0.25) is 5.02 Å². The molecule has 1 aliphatic rings. The molecule has 1 aliphatic heterocycles. The van der Waals surface area contributed by atoms with Crippen LogP contribution in [-0.2, 0) is 7.05 Å². The minimum absolute atomic E-state index is 0.237. The first-order valence-corrected chi connectivity index (χ1v) is 10.6. The van der Waals surface area contributed by atoms with E-state index in [2.05, 4.69) is 20.3 Å². The van der Waals surface area contributed by atoms with Crippen molar-refractivity contribution in [1.29, 1.82) is 0 Å². The van der Waals surface area contributed by atoms with Gasteiger partial charge in [-0.25, -0.2) is 4.98 Å². The van der Waals surface area contributed by atoms with E-state index >= 15 is 0 Å². The van der Waals surface area contributed by atoms with Crippen molar-refractivity contribution in [1.82, 2.24) is 14.8 Å². The fourth-order valence-electron chi connectivity index (χ4n) is 4.02. The number of para-hydroxylation sites is 1. The fourth-order valence-corrected chi connectivity index (χ4v) is 4.24. The summed E-state index contributed by atoms with van der Waals surface area (Å²) in [6, 6.07) is 10.8. The van der Waals surface area contributed by atoms with E-state index in [0.717, 1.165) is 43.1 Å². The van der Waals surface area contributed by atoms with Crippen molar-refractivity contribution >= 4 is 39.9 Å². The SMILES string of the molecule is Cc1c(NC(=O)c2cc(-c3ccco3)nc3c(Cl)cccc23)c(N2CCCC2)nn1C. The second-order valence-corrected chi connectivity index (χ2v) is 8.13. The summed E-state index contributed by atoms with van der Waals surface area (Å²) in [5.41, 5.74) is 3.23. The van der Waals surface area contributed by atoms with Crippen LogP contribution in [0.1, 0.15) is 28.9 Å². The molecule has 5 rings (SSSR count). The molecule has 3 aromatic heterocycles. The normalized spacial score (nSPS) is 13.8. The monoisotopic (exact) mass is 435 g/mol. The molecule has 1 saturated heterocycles. The number of amides is 1. The number of benzene rings is 1. The lowest BCUT2D eigenvalue weighted by atomic mass is 10.1. The molecule has 8 heteroatoms. The number of pyridine rings is 1. The Morgan fingerprint density at radius 3 is 2.74 bits per heavy atom. The van der Waals surface area contributed by atoms with Gasteiger partial charge in [0.1, 0.15) is 11.4 Å². The first-order valence-electron chi connectivity index (χ1n) is 10.3. The number of hydrogen-bond acceptors (Lipinski definition) is 5. The maximum Gasteiger partial charge on any atom is 0.256 e. The molecule has 158 valence electrons. The van der Waals surface area contributed by atoms with Gasteiger partial charge in [0, 0.05) is 25.5 Å². The summed E-state index contributed by atoms with van der Waals surface area (Å²) in [6.45, 7) is 3.84. The number of anilines is 2. The second kappa shape index (κ2) is 7.74. The van der Waals surface area contributed by atoms with Gasteiger partial charge in [-0.3, -0.25) is 9.48 Å². The largest absolute Gasteiger partial charge is 0.463 e. The van der Waals surface area contributed by atoms with Crippen LogP contribution in [0.3, 0.4) is 0 Å². The zero-order chi connectivity index (χ0) is 21.5. The molecule has 0 spiro atoms. The van der Waals surface area contributed by atoms with Crippen molar-refractivity contribution in [2.75, 3.05) is 23.3 Å².